The Hall–Kier alpha value is -3.20. The molecule has 6 rings (SSSR count). The topological polar surface area (TPSA) is 26.0 Å². The van der Waals surface area contributed by atoms with Crippen molar-refractivity contribution >= 4 is 32.7 Å². The predicted molar refractivity (Wildman–Crippen MR) is 125 cm³/mol. The van der Waals surface area contributed by atoms with Gasteiger partial charge in [0.1, 0.15) is 16.8 Å². The van der Waals surface area contributed by atoms with E-state index in [0.29, 0.717) is 12.8 Å². The number of fused-ring (bicyclic) bond motifs is 4. The predicted octanol–water partition coefficient (Wildman–Crippen LogP) is 8.11. The molecule has 0 N–H and O–H groups in total. The van der Waals surface area contributed by atoms with Crippen LogP contribution in [-0.2, 0) is 0 Å². The minimum absolute atomic E-state index is 0.289. The third kappa shape index (κ3) is 3.03. The Morgan fingerprint density at radius 1 is 1.00 bits per heavy atom. The van der Waals surface area contributed by atoms with Gasteiger partial charge in [0.2, 0.25) is 0 Å². The van der Waals surface area contributed by atoms with Crippen molar-refractivity contribution in [2.75, 3.05) is 0 Å². The fourth-order valence-electron chi connectivity index (χ4n) is 5.29. The Labute approximate surface area is 180 Å². The zero-order valence-electron chi connectivity index (χ0n) is 17.8. The average Bonchev–Trinajstić information content (AvgIpc) is 3.32. The van der Waals surface area contributed by atoms with Crippen LogP contribution in [0.25, 0.3) is 44.0 Å². The van der Waals surface area contributed by atoms with Crippen molar-refractivity contribution in [3.05, 3.63) is 78.0 Å². The second-order valence-corrected chi connectivity index (χ2v) is 9.28. The van der Waals surface area contributed by atoms with Crippen molar-refractivity contribution in [2.24, 2.45) is 0 Å². The first-order valence-electron chi connectivity index (χ1n) is 11.0. The van der Waals surface area contributed by atoms with E-state index in [9.17, 15) is 4.39 Å². The molecule has 154 valence electrons. The summed E-state index contributed by atoms with van der Waals surface area (Å²) in [6, 6.07) is 21.1. The van der Waals surface area contributed by atoms with Gasteiger partial charge in [-0.1, -0.05) is 36.4 Å². The fraction of sp³-hybridized carbons (Fsp3) is 0.250. The molecule has 2 heterocycles. The maximum Gasteiger partial charge on any atom is 0.144 e. The molecule has 0 amide bonds. The highest BCUT2D eigenvalue weighted by Crippen LogP contribution is 2.44. The Bertz CT molecular complexity index is 1460. The number of hydrogen-bond acceptors (Lipinski definition) is 2. The third-order valence-corrected chi connectivity index (χ3v) is 6.82. The Balaban J connectivity index is 1.54. The summed E-state index contributed by atoms with van der Waals surface area (Å²) in [4.78, 5) is 4.77. The van der Waals surface area contributed by atoms with Crippen molar-refractivity contribution in [1.29, 1.82) is 0 Å². The Morgan fingerprint density at radius 3 is 2.71 bits per heavy atom. The molecular formula is C28H24FNO. The lowest BCUT2D eigenvalue weighted by atomic mass is 9.92. The minimum Gasteiger partial charge on any atom is -0.455 e. The van der Waals surface area contributed by atoms with Gasteiger partial charge in [-0.05, 0) is 79.8 Å². The van der Waals surface area contributed by atoms with Crippen molar-refractivity contribution in [2.45, 2.75) is 44.7 Å². The minimum atomic E-state index is -1.04. The van der Waals surface area contributed by atoms with Crippen LogP contribution in [0.2, 0.25) is 0 Å². The SMILES string of the molecule is Cc1cc(-c2nccc3cc(C4CCC(C)(F)C4)ccc23)c2oc3ccccc3c2c1. The number of pyridine rings is 1. The standard InChI is InChI=1S/C28H24FNO/c1-17-13-23-22-5-3-4-6-25(22)31-27(23)24(14-17)26-21-8-7-18(15-19(21)10-12-30-26)20-9-11-28(2,29)16-20/h3-8,10,12-15,20H,9,11,16H2,1-2H3. The Morgan fingerprint density at radius 2 is 1.87 bits per heavy atom. The van der Waals surface area contributed by atoms with Crippen LogP contribution in [0.1, 0.15) is 43.2 Å². The summed E-state index contributed by atoms with van der Waals surface area (Å²) in [5, 5.41) is 4.48. The quantitative estimate of drug-likeness (QED) is 0.294. The van der Waals surface area contributed by atoms with Gasteiger partial charge in [-0.3, -0.25) is 4.98 Å². The molecule has 2 atom stereocenters. The normalized spacial score (nSPS) is 21.5. The molecule has 2 aromatic heterocycles. The van der Waals surface area contributed by atoms with Crippen molar-refractivity contribution in [3.8, 4) is 11.3 Å². The zero-order chi connectivity index (χ0) is 21.2. The molecule has 1 aliphatic carbocycles. The first-order valence-corrected chi connectivity index (χ1v) is 11.0. The molecule has 3 aromatic carbocycles. The molecule has 0 aliphatic heterocycles. The van der Waals surface area contributed by atoms with Gasteiger partial charge in [0.25, 0.3) is 0 Å². The van der Waals surface area contributed by atoms with Gasteiger partial charge in [-0.15, -0.1) is 0 Å². The molecule has 0 bridgehead atoms. The van der Waals surface area contributed by atoms with Crippen molar-refractivity contribution < 1.29 is 8.81 Å². The van der Waals surface area contributed by atoms with Gasteiger partial charge in [0, 0.05) is 27.9 Å². The number of benzene rings is 3. The van der Waals surface area contributed by atoms with Crippen LogP contribution >= 0.6 is 0 Å². The second-order valence-electron chi connectivity index (χ2n) is 9.28. The van der Waals surface area contributed by atoms with E-state index in [0.717, 1.165) is 50.4 Å². The lowest BCUT2D eigenvalue weighted by molar-refractivity contribution is 0.197. The smallest absolute Gasteiger partial charge is 0.144 e. The highest BCUT2D eigenvalue weighted by atomic mass is 19.1. The summed E-state index contributed by atoms with van der Waals surface area (Å²) in [7, 11) is 0. The van der Waals surface area contributed by atoms with E-state index in [1.54, 1.807) is 6.92 Å². The maximum absolute atomic E-state index is 14.4. The number of rotatable bonds is 2. The third-order valence-electron chi connectivity index (χ3n) is 6.82. The molecule has 0 spiro atoms. The zero-order valence-corrected chi connectivity index (χ0v) is 17.8. The van der Waals surface area contributed by atoms with E-state index in [4.69, 9.17) is 9.40 Å². The van der Waals surface area contributed by atoms with Crippen LogP contribution in [0.4, 0.5) is 4.39 Å². The molecule has 5 aromatic rings. The van der Waals surface area contributed by atoms with Crippen molar-refractivity contribution in [1.82, 2.24) is 4.98 Å². The van der Waals surface area contributed by atoms with Gasteiger partial charge < -0.3 is 4.42 Å². The highest BCUT2D eigenvalue weighted by Gasteiger charge is 2.35. The Kier molecular flexibility index (Phi) is 3.98. The summed E-state index contributed by atoms with van der Waals surface area (Å²) in [6.07, 6.45) is 4.03. The number of para-hydroxylation sites is 1. The van der Waals surface area contributed by atoms with Crippen LogP contribution in [0.3, 0.4) is 0 Å². The van der Waals surface area contributed by atoms with E-state index in [1.165, 1.54) is 11.1 Å². The lowest BCUT2D eigenvalue weighted by Gasteiger charge is -2.15. The molecule has 2 unspecified atom stereocenters. The number of halogens is 1. The molecular weight excluding hydrogens is 385 g/mol. The van der Waals surface area contributed by atoms with Gasteiger partial charge in [-0.25, -0.2) is 4.39 Å². The monoisotopic (exact) mass is 409 g/mol. The number of aromatic nitrogens is 1. The number of aryl methyl sites for hydroxylation is 1. The van der Waals surface area contributed by atoms with Gasteiger partial charge in [0.15, 0.2) is 0 Å². The van der Waals surface area contributed by atoms with Crippen LogP contribution < -0.4 is 0 Å². The van der Waals surface area contributed by atoms with E-state index in [1.807, 2.05) is 24.4 Å². The highest BCUT2D eigenvalue weighted by molar-refractivity contribution is 6.11. The van der Waals surface area contributed by atoms with Crippen molar-refractivity contribution in [3.63, 3.8) is 0 Å². The molecule has 0 radical (unpaired) electrons. The van der Waals surface area contributed by atoms with E-state index in [-0.39, 0.29) is 5.92 Å². The fourth-order valence-corrected chi connectivity index (χ4v) is 5.29. The number of nitrogens with zero attached hydrogens (tertiary/aromatic N) is 1. The van der Waals surface area contributed by atoms with Crippen LogP contribution in [0, 0.1) is 6.92 Å². The summed E-state index contributed by atoms with van der Waals surface area (Å²) in [6.45, 7) is 3.84. The molecule has 0 saturated heterocycles. The molecule has 1 fully saturated rings. The van der Waals surface area contributed by atoms with E-state index < -0.39 is 5.67 Å². The lowest BCUT2D eigenvalue weighted by Crippen LogP contribution is -2.11. The van der Waals surface area contributed by atoms with Gasteiger partial charge in [0.05, 0.1) is 5.69 Å². The number of hydrogen-bond donors (Lipinski definition) is 0. The summed E-state index contributed by atoms with van der Waals surface area (Å²) in [5.74, 6) is 0.289. The largest absolute Gasteiger partial charge is 0.455 e. The summed E-state index contributed by atoms with van der Waals surface area (Å²) in [5.41, 5.74) is 5.07. The average molecular weight is 410 g/mol. The van der Waals surface area contributed by atoms with Crippen LogP contribution in [-0.4, -0.2) is 10.7 Å². The number of alkyl halides is 1. The van der Waals surface area contributed by atoms with Crippen LogP contribution in [0.15, 0.2) is 71.3 Å². The van der Waals surface area contributed by atoms with Crippen LogP contribution in [0.5, 0.6) is 0 Å². The molecule has 1 saturated carbocycles. The van der Waals surface area contributed by atoms with E-state index >= 15 is 0 Å². The summed E-state index contributed by atoms with van der Waals surface area (Å²) < 4.78 is 20.7. The summed E-state index contributed by atoms with van der Waals surface area (Å²) >= 11 is 0. The maximum atomic E-state index is 14.4. The second kappa shape index (κ2) is 6.65. The molecule has 31 heavy (non-hydrogen) atoms. The van der Waals surface area contributed by atoms with Gasteiger partial charge in [-0.2, -0.15) is 0 Å². The first kappa shape index (κ1) is 18.6. The number of furan rings is 1. The molecule has 2 nitrogen and oxygen atoms in total. The van der Waals surface area contributed by atoms with E-state index in [2.05, 4.69) is 49.4 Å². The molecule has 3 heteroatoms. The van der Waals surface area contributed by atoms with Gasteiger partial charge >= 0.3 is 0 Å². The molecule has 1 aliphatic rings. The first-order chi connectivity index (χ1) is 15.0.